The van der Waals surface area contributed by atoms with E-state index >= 15 is 0 Å². The number of nitrogens with one attached hydrogen (secondary N) is 1. The molecule has 154 valence electrons. The molecule has 0 unspecified atom stereocenters. The molecule has 0 radical (unpaired) electrons. The van der Waals surface area contributed by atoms with Gasteiger partial charge in [0.05, 0.1) is 0 Å². The second-order valence-electron chi connectivity index (χ2n) is 5.85. The Kier molecular flexibility index (Phi) is 4.89. The van der Waals surface area contributed by atoms with E-state index in [1.807, 2.05) is 0 Å². The third kappa shape index (κ3) is 3.96. The molecule has 3 N–H and O–H groups in total. The maximum atomic E-state index is 13.3. The van der Waals surface area contributed by atoms with Crippen LogP contribution in [0, 0.1) is 0 Å². The zero-order valence-electron chi connectivity index (χ0n) is 14.1. The molecule has 5 nitrogen and oxygen atoms in total. The molecule has 12 heteroatoms. The van der Waals surface area contributed by atoms with E-state index in [0.717, 1.165) is 24.3 Å². The van der Waals surface area contributed by atoms with Crippen LogP contribution in [0.25, 0.3) is 22.8 Å². The van der Waals surface area contributed by atoms with E-state index in [4.69, 9.17) is 5.73 Å². The first kappa shape index (κ1) is 20.4. The number of hydrogen-bond donors (Lipinski definition) is 2. The molecule has 0 aliphatic carbocycles. The minimum absolute atomic E-state index is 0.135. The molecule has 3 rings (SSSR count). The Morgan fingerprint density at radius 1 is 0.793 bits per heavy atom. The van der Waals surface area contributed by atoms with Gasteiger partial charge in [0.15, 0.2) is 11.6 Å². The maximum absolute atomic E-state index is 13.3. The van der Waals surface area contributed by atoms with Gasteiger partial charge in [-0.3, -0.25) is 5.10 Å². The highest BCUT2D eigenvalue weighted by molar-refractivity contribution is 5.63. The summed E-state index contributed by atoms with van der Waals surface area (Å²) in [6, 6.07) is 10.5. The Balaban J connectivity index is 1.78. The van der Waals surface area contributed by atoms with Crippen molar-refractivity contribution in [3.8, 4) is 28.5 Å². The molecule has 0 saturated carbocycles. The third-order valence-corrected chi connectivity index (χ3v) is 3.75. The Bertz CT molecular complexity index is 982. The summed E-state index contributed by atoms with van der Waals surface area (Å²) in [4.78, 5) is 4.19. The minimum Gasteiger partial charge on any atom is -0.428 e. The molecule has 3 aromatic rings. The van der Waals surface area contributed by atoms with Gasteiger partial charge in [-0.05, 0) is 48.5 Å². The van der Waals surface area contributed by atoms with Crippen LogP contribution in [0.1, 0.15) is 0 Å². The molecule has 1 heterocycles. The summed E-state index contributed by atoms with van der Waals surface area (Å²) in [5.41, 5.74) is 7.07. The zero-order valence-corrected chi connectivity index (χ0v) is 14.1. The molecule has 0 bridgehead atoms. The highest BCUT2D eigenvalue weighted by Gasteiger charge is 2.75. The van der Waals surface area contributed by atoms with E-state index in [1.54, 1.807) is 24.3 Å². The lowest BCUT2D eigenvalue weighted by Crippen LogP contribution is -2.55. The van der Waals surface area contributed by atoms with Gasteiger partial charge >= 0.3 is 18.2 Å². The van der Waals surface area contributed by atoms with Crippen LogP contribution in [-0.4, -0.2) is 33.4 Å². The number of anilines is 1. The topological polar surface area (TPSA) is 76.8 Å². The summed E-state index contributed by atoms with van der Waals surface area (Å²) in [5, 5.41) is 6.59. The number of nitrogen functional groups attached to an aromatic ring is 1. The average molecular weight is 420 g/mol. The molecule has 29 heavy (non-hydrogen) atoms. The number of hydrogen-bond acceptors (Lipinski definition) is 4. The van der Waals surface area contributed by atoms with E-state index in [2.05, 4.69) is 19.9 Å². The summed E-state index contributed by atoms with van der Waals surface area (Å²) < 4.78 is 92.4. The normalized spacial score (nSPS) is 12.8. The first-order chi connectivity index (χ1) is 13.4. The van der Waals surface area contributed by atoms with Crippen molar-refractivity contribution in [2.75, 3.05) is 5.73 Å². The molecule has 0 atom stereocenters. The van der Waals surface area contributed by atoms with E-state index < -0.39 is 24.0 Å². The first-order valence-electron chi connectivity index (χ1n) is 7.81. The van der Waals surface area contributed by atoms with Gasteiger partial charge < -0.3 is 10.5 Å². The molecule has 0 amide bonds. The van der Waals surface area contributed by atoms with Crippen LogP contribution in [0.2, 0.25) is 0 Å². The third-order valence-electron chi connectivity index (χ3n) is 3.75. The molecular formula is C17H11F7N4O. The molecule has 0 saturated heterocycles. The van der Waals surface area contributed by atoms with Crippen molar-refractivity contribution in [1.29, 1.82) is 0 Å². The number of rotatable bonds is 5. The largest absolute Gasteiger partial charge is 0.474 e. The van der Waals surface area contributed by atoms with Gasteiger partial charge in [0.1, 0.15) is 5.75 Å². The molecule has 0 aliphatic heterocycles. The number of H-pyrrole nitrogens is 1. The molecule has 0 spiro atoms. The summed E-state index contributed by atoms with van der Waals surface area (Å²) in [7, 11) is 0. The molecule has 2 aromatic carbocycles. The van der Waals surface area contributed by atoms with Gasteiger partial charge in [0.2, 0.25) is 0 Å². The standard InChI is InChI=1S/C17H11F7N4O/c18-15(19,16(20,21)22)17(23,24)29-12-7-3-10(4-8-12)14-26-13(27-28-14)9-1-5-11(25)6-2-9/h1-8H,25H2,(H,26,27,28). The Morgan fingerprint density at radius 2 is 1.34 bits per heavy atom. The Morgan fingerprint density at radius 3 is 1.90 bits per heavy atom. The van der Waals surface area contributed by atoms with Crippen molar-refractivity contribution >= 4 is 5.69 Å². The van der Waals surface area contributed by atoms with Crippen molar-refractivity contribution < 1.29 is 35.5 Å². The number of aromatic amines is 1. The van der Waals surface area contributed by atoms with Crippen LogP contribution in [0.5, 0.6) is 5.75 Å². The maximum Gasteiger partial charge on any atom is 0.474 e. The number of benzene rings is 2. The van der Waals surface area contributed by atoms with E-state index in [9.17, 15) is 30.7 Å². The predicted molar refractivity (Wildman–Crippen MR) is 88.2 cm³/mol. The van der Waals surface area contributed by atoms with Gasteiger partial charge in [0.25, 0.3) is 0 Å². The number of ether oxygens (including phenoxy) is 1. The molecule has 1 aromatic heterocycles. The van der Waals surface area contributed by atoms with E-state index in [0.29, 0.717) is 17.1 Å². The van der Waals surface area contributed by atoms with Gasteiger partial charge in [-0.15, -0.1) is 0 Å². The lowest BCUT2D eigenvalue weighted by Gasteiger charge is -2.27. The Hall–Kier alpha value is -3.31. The van der Waals surface area contributed by atoms with Crippen molar-refractivity contribution in [1.82, 2.24) is 15.2 Å². The van der Waals surface area contributed by atoms with Crippen molar-refractivity contribution in [3.05, 3.63) is 48.5 Å². The fraction of sp³-hybridized carbons (Fsp3) is 0.176. The zero-order chi connectivity index (χ0) is 21.4. The van der Waals surface area contributed by atoms with Gasteiger partial charge in [0, 0.05) is 16.8 Å². The number of aromatic nitrogens is 3. The van der Waals surface area contributed by atoms with Crippen LogP contribution in [0.4, 0.5) is 36.4 Å². The first-order valence-corrected chi connectivity index (χ1v) is 7.81. The highest BCUT2D eigenvalue weighted by Crippen LogP contribution is 2.47. The van der Waals surface area contributed by atoms with Gasteiger partial charge in [-0.1, -0.05) is 0 Å². The van der Waals surface area contributed by atoms with Crippen LogP contribution in [-0.2, 0) is 0 Å². The summed E-state index contributed by atoms with van der Waals surface area (Å²) in [6.45, 7) is 0. The predicted octanol–water partition coefficient (Wildman–Crippen LogP) is 4.89. The Labute approximate surface area is 158 Å². The average Bonchev–Trinajstić information content (AvgIpc) is 3.11. The highest BCUT2D eigenvalue weighted by atomic mass is 19.4. The second-order valence-corrected chi connectivity index (χ2v) is 5.85. The smallest absolute Gasteiger partial charge is 0.428 e. The van der Waals surface area contributed by atoms with Crippen molar-refractivity contribution in [3.63, 3.8) is 0 Å². The summed E-state index contributed by atoms with van der Waals surface area (Å²) in [5.74, 6) is -6.75. The number of nitrogens with zero attached hydrogens (tertiary/aromatic N) is 2. The number of nitrogens with two attached hydrogens (primary N) is 1. The lowest BCUT2D eigenvalue weighted by atomic mass is 10.2. The van der Waals surface area contributed by atoms with Crippen molar-refractivity contribution in [2.45, 2.75) is 18.2 Å². The summed E-state index contributed by atoms with van der Waals surface area (Å²) in [6.07, 6.45) is -12.3. The van der Waals surface area contributed by atoms with Gasteiger partial charge in [-0.2, -0.15) is 35.8 Å². The molecule has 0 aliphatic rings. The second kappa shape index (κ2) is 6.94. The fourth-order valence-electron chi connectivity index (χ4n) is 2.21. The van der Waals surface area contributed by atoms with Gasteiger partial charge in [-0.25, -0.2) is 4.98 Å². The van der Waals surface area contributed by atoms with Crippen LogP contribution in [0.3, 0.4) is 0 Å². The van der Waals surface area contributed by atoms with Crippen molar-refractivity contribution in [2.24, 2.45) is 0 Å². The summed E-state index contributed by atoms with van der Waals surface area (Å²) >= 11 is 0. The lowest BCUT2D eigenvalue weighted by molar-refractivity contribution is -0.402. The monoisotopic (exact) mass is 420 g/mol. The number of halogens is 7. The fourth-order valence-corrected chi connectivity index (χ4v) is 2.21. The molecule has 0 fully saturated rings. The minimum atomic E-state index is -6.48. The number of alkyl halides is 7. The molecular weight excluding hydrogens is 409 g/mol. The van der Waals surface area contributed by atoms with Crippen LogP contribution < -0.4 is 10.5 Å². The van der Waals surface area contributed by atoms with Crippen LogP contribution in [0.15, 0.2) is 48.5 Å². The van der Waals surface area contributed by atoms with Crippen LogP contribution >= 0.6 is 0 Å². The van der Waals surface area contributed by atoms with E-state index in [1.165, 1.54) is 0 Å². The quantitative estimate of drug-likeness (QED) is 0.455. The van der Waals surface area contributed by atoms with E-state index in [-0.39, 0.29) is 11.4 Å². The SMILES string of the molecule is Nc1ccc(-c2nc(-c3ccc(OC(F)(F)C(F)(F)C(F)(F)F)cc3)n[nH]2)cc1.